The van der Waals surface area contributed by atoms with E-state index in [1.54, 1.807) is 29.6 Å². The molecule has 1 aliphatic rings. The van der Waals surface area contributed by atoms with E-state index in [4.69, 9.17) is 0 Å². The SMILES string of the molecule is CN(Cc1ccccc1)C(=O)CCC1CCN(C(=O)C=Cc2cnc[nH]2)CC1. The zero-order chi connectivity index (χ0) is 19.8. The number of benzene rings is 1. The van der Waals surface area contributed by atoms with E-state index in [1.807, 2.05) is 42.3 Å². The van der Waals surface area contributed by atoms with Gasteiger partial charge in [-0.1, -0.05) is 30.3 Å². The lowest BCUT2D eigenvalue weighted by Gasteiger charge is -2.31. The summed E-state index contributed by atoms with van der Waals surface area (Å²) in [6.07, 6.45) is 10.00. The summed E-state index contributed by atoms with van der Waals surface area (Å²) in [5.41, 5.74) is 1.97. The summed E-state index contributed by atoms with van der Waals surface area (Å²) in [4.78, 5) is 35.2. The van der Waals surface area contributed by atoms with Crippen molar-refractivity contribution >= 4 is 17.9 Å². The lowest BCUT2D eigenvalue weighted by atomic mass is 9.92. The predicted molar refractivity (Wildman–Crippen MR) is 109 cm³/mol. The van der Waals surface area contributed by atoms with E-state index in [0.29, 0.717) is 18.9 Å². The number of aromatic nitrogens is 2. The van der Waals surface area contributed by atoms with Crippen molar-refractivity contribution in [3.63, 3.8) is 0 Å². The molecule has 148 valence electrons. The third-order valence-corrected chi connectivity index (χ3v) is 5.31. The van der Waals surface area contributed by atoms with Gasteiger partial charge in [0.1, 0.15) is 0 Å². The van der Waals surface area contributed by atoms with Crippen LogP contribution in [0.4, 0.5) is 0 Å². The maximum absolute atomic E-state index is 12.4. The van der Waals surface area contributed by atoms with Gasteiger partial charge in [-0.15, -0.1) is 0 Å². The number of amides is 2. The number of imidazole rings is 1. The van der Waals surface area contributed by atoms with Gasteiger partial charge in [-0.05, 0) is 36.8 Å². The number of aromatic amines is 1. The number of nitrogens with zero attached hydrogens (tertiary/aromatic N) is 3. The van der Waals surface area contributed by atoms with Crippen molar-refractivity contribution in [3.05, 3.63) is 60.2 Å². The van der Waals surface area contributed by atoms with Gasteiger partial charge in [-0.25, -0.2) is 4.98 Å². The first-order chi connectivity index (χ1) is 13.6. The molecule has 1 aliphatic heterocycles. The van der Waals surface area contributed by atoms with Crippen LogP contribution in [0.15, 0.2) is 48.9 Å². The zero-order valence-electron chi connectivity index (χ0n) is 16.4. The minimum atomic E-state index is 0.0340. The maximum Gasteiger partial charge on any atom is 0.246 e. The van der Waals surface area contributed by atoms with Gasteiger partial charge in [0.2, 0.25) is 11.8 Å². The highest BCUT2D eigenvalue weighted by Gasteiger charge is 2.22. The molecule has 1 aromatic carbocycles. The van der Waals surface area contributed by atoms with Crippen LogP contribution in [0.2, 0.25) is 0 Å². The normalized spacial score (nSPS) is 15.1. The lowest BCUT2D eigenvalue weighted by Crippen LogP contribution is -2.37. The summed E-state index contributed by atoms with van der Waals surface area (Å²) in [7, 11) is 1.86. The Hall–Kier alpha value is -2.89. The van der Waals surface area contributed by atoms with Gasteiger partial charge in [0.05, 0.1) is 18.2 Å². The topological polar surface area (TPSA) is 69.3 Å². The predicted octanol–water partition coefficient (Wildman–Crippen LogP) is 3.10. The molecule has 1 fully saturated rings. The number of hydrogen-bond donors (Lipinski definition) is 1. The molecular weight excluding hydrogens is 352 g/mol. The smallest absolute Gasteiger partial charge is 0.246 e. The number of carbonyl (C=O) groups excluding carboxylic acids is 2. The van der Waals surface area contributed by atoms with Crippen LogP contribution in [0, 0.1) is 5.92 Å². The fourth-order valence-electron chi connectivity index (χ4n) is 3.53. The summed E-state index contributed by atoms with van der Waals surface area (Å²) in [6, 6.07) is 10.0. The van der Waals surface area contributed by atoms with Gasteiger partial charge < -0.3 is 14.8 Å². The highest BCUT2D eigenvalue weighted by atomic mass is 16.2. The fourth-order valence-corrected chi connectivity index (χ4v) is 3.53. The molecule has 1 saturated heterocycles. The van der Waals surface area contributed by atoms with Crippen molar-refractivity contribution < 1.29 is 9.59 Å². The Balaban J connectivity index is 1.37. The van der Waals surface area contributed by atoms with E-state index in [0.717, 1.165) is 43.6 Å². The standard InChI is InChI=1S/C22H28N4O2/c1-25(16-19-5-3-2-4-6-19)21(27)9-7-18-11-13-26(14-12-18)22(28)10-8-20-15-23-17-24-20/h2-6,8,10,15,17-18H,7,9,11-14,16H2,1H3,(H,23,24). The lowest BCUT2D eigenvalue weighted by molar-refractivity contribution is -0.131. The Morgan fingerprint density at radius 3 is 2.68 bits per heavy atom. The first-order valence-electron chi connectivity index (χ1n) is 9.85. The molecule has 2 amide bonds. The Bertz CT molecular complexity index is 778. The van der Waals surface area contributed by atoms with Gasteiger partial charge in [0.15, 0.2) is 0 Å². The zero-order valence-corrected chi connectivity index (χ0v) is 16.4. The molecule has 0 bridgehead atoms. The molecule has 0 spiro atoms. The summed E-state index contributed by atoms with van der Waals surface area (Å²) < 4.78 is 0. The molecule has 0 radical (unpaired) electrons. The van der Waals surface area contributed by atoms with Gasteiger partial charge in [-0.2, -0.15) is 0 Å². The number of likely N-dealkylation sites (tertiary alicyclic amines) is 1. The van der Waals surface area contributed by atoms with E-state index in [1.165, 1.54) is 0 Å². The van der Waals surface area contributed by atoms with Crippen molar-refractivity contribution in [3.8, 4) is 0 Å². The highest BCUT2D eigenvalue weighted by Crippen LogP contribution is 2.22. The van der Waals surface area contributed by atoms with Gasteiger partial charge in [0.25, 0.3) is 0 Å². The molecule has 0 atom stereocenters. The number of piperidine rings is 1. The number of rotatable bonds is 7. The first kappa shape index (κ1) is 19.9. The molecule has 1 N–H and O–H groups in total. The fraction of sp³-hybridized carbons (Fsp3) is 0.409. The van der Waals surface area contributed by atoms with Gasteiger partial charge in [0, 0.05) is 39.2 Å². The third-order valence-electron chi connectivity index (χ3n) is 5.31. The van der Waals surface area contributed by atoms with Crippen LogP contribution in [0.1, 0.15) is 36.9 Å². The average Bonchev–Trinajstić information content (AvgIpc) is 3.25. The molecule has 28 heavy (non-hydrogen) atoms. The monoisotopic (exact) mass is 380 g/mol. The van der Waals surface area contributed by atoms with Crippen LogP contribution in [0.5, 0.6) is 0 Å². The average molecular weight is 380 g/mol. The second-order valence-electron chi connectivity index (χ2n) is 7.38. The Morgan fingerprint density at radius 2 is 2.00 bits per heavy atom. The first-order valence-corrected chi connectivity index (χ1v) is 9.85. The van der Waals surface area contributed by atoms with Gasteiger partial charge in [-0.3, -0.25) is 9.59 Å². The molecule has 6 nitrogen and oxygen atoms in total. The van der Waals surface area contributed by atoms with Crippen molar-refractivity contribution in [2.45, 2.75) is 32.2 Å². The molecule has 0 unspecified atom stereocenters. The second kappa shape index (κ2) is 9.88. The second-order valence-corrected chi connectivity index (χ2v) is 7.38. The minimum absolute atomic E-state index is 0.0340. The molecule has 1 aromatic heterocycles. The van der Waals surface area contributed by atoms with E-state index in [2.05, 4.69) is 9.97 Å². The Labute approximate surface area is 166 Å². The van der Waals surface area contributed by atoms with Crippen molar-refractivity contribution in [1.82, 2.24) is 19.8 Å². The summed E-state index contributed by atoms with van der Waals surface area (Å²) in [5, 5.41) is 0. The van der Waals surface area contributed by atoms with Crippen molar-refractivity contribution in [2.75, 3.05) is 20.1 Å². The molecule has 6 heteroatoms. The van der Waals surface area contributed by atoms with E-state index in [9.17, 15) is 9.59 Å². The Morgan fingerprint density at radius 1 is 1.25 bits per heavy atom. The molecule has 2 aromatic rings. The summed E-state index contributed by atoms with van der Waals surface area (Å²) in [5.74, 6) is 0.728. The highest BCUT2D eigenvalue weighted by molar-refractivity contribution is 5.91. The van der Waals surface area contributed by atoms with Gasteiger partial charge >= 0.3 is 0 Å². The molecule has 0 aliphatic carbocycles. The molecule has 0 saturated carbocycles. The minimum Gasteiger partial charge on any atom is -0.345 e. The Kier molecular flexibility index (Phi) is 7.00. The quantitative estimate of drug-likeness (QED) is 0.751. The summed E-state index contributed by atoms with van der Waals surface area (Å²) in [6.45, 7) is 2.16. The van der Waals surface area contributed by atoms with Crippen LogP contribution in [-0.4, -0.2) is 51.7 Å². The van der Waals surface area contributed by atoms with Crippen molar-refractivity contribution in [1.29, 1.82) is 0 Å². The van der Waals surface area contributed by atoms with E-state index in [-0.39, 0.29) is 11.8 Å². The van der Waals surface area contributed by atoms with Crippen LogP contribution < -0.4 is 0 Å². The number of hydrogen-bond acceptors (Lipinski definition) is 3. The third kappa shape index (κ3) is 5.81. The number of nitrogens with one attached hydrogen (secondary N) is 1. The summed E-state index contributed by atoms with van der Waals surface area (Å²) >= 11 is 0. The van der Waals surface area contributed by atoms with E-state index >= 15 is 0 Å². The molecule has 3 rings (SSSR count). The van der Waals surface area contributed by atoms with Crippen LogP contribution >= 0.6 is 0 Å². The van der Waals surface area contributed by atoms with Crippen LogP contribution in [0.3, 0.4) is 0 Å². The number of carbonyl (C=O) groups is 2. The maximum atomic E-state index is 12.4. The van der Waals surface area contributed by atoms with Crippen molar-refractivity contribution in [2.24, 2.45) is 5.92 Å². The number of H-pyrrole nitrogens is 1. The van der Waals surface area contributed by atoms with E-state index < -0.39 is 0 Å². The van der Waals surface area contributed by atoms with Crippen LogP contribution in [0.25, 0.3) is 6.08 Å². The molecule has 2 heterocycles. The largest absolute Gasteiger partial charge is 0.345 e. The molecular formula is C22H28N4O2. The van der Waals surface area contributed by atoms with Crippen LogP contribution in [-0.2, 0) is 16.1 Å².